The molecule has 0 saturated heterocycles. The van der Waals surface area contributed by atoms with Crippen molar-refractivity contribution < 1.29 is 19.4 Å². The fourth-order valence-corrected chi connectivity index (χ4v) is 5.77. The summed E-state index contributed by atoms with van der Waals surface area (Å²) >= 11 is 0. The minimum absolute atomic E-state index is 0.0728. The molecule has 10 nitrogen and oxygen atoms in total. The highest BCUT2D eigenvalue weighted by atomic mass is 16.5. The van der Waals surface area contributed by atoms with Gasteiger partial charge in [0.05, 0.1) is 17.4 Å². The van der Waals surface area contributed by atoms with Gasteiger partial charge < -0.3 is 29.9 Å². The van der Waals surface area contributed by atoms with Crippen LogP contribution in [0, 0.1) is 0 Å². The van der Waals surface area contributed by atoms with Gasteiger partial charge in [0, 0.05) is 31.6 Å². The third-order valence-corrected chi connectivity index (χ3v) is 7.43. The number of nitrogens with zero attached hydrogens (tertiary/aromatic N) is 5. The highest BCUT2D eigenvalue weighted by Crippen LogP contribution is 2.42. The van der Waals surface area contributed by atoms with Gasteiger partial charge in [-0.2, -0.15) is 4.98 Å². The Morgan fingerprint density at radius 1 is 1.28 bits per heavy atom. The Morgan fingerprint density at radius 2 is 2.03 bits per heavy atom. The first-order chi connectivity index (χ1) is 17.3. The van der Waals surface area contributed by atoms with Crippen molar-refractivity contribution in [1.29, 1.82) is 0 Å². The molecular weight excluding hydrogens is 460 g/mol. The second-order valence-corrected chi connectivity index (χ2v) is 10.2. The SMILES string of the molecule is CC[C@@H]1C(=O)N(C)c2cnc(Nc3ccc(C(=O)O)c4c3OC(CN(C)C)C4)nc2N1C1CCCC1. The predicted molar refractivity (Wildman–Crippen MR) is 138 cm³/mol. The van der Waals surface area contributed by atoms with Crippen LogP contribution in [0.1, 0.15) is 54.9 Å². The zero-order valence-corrected chi connectivity index (χ0v) is 21.3. The zero-order chi connectivity index (χ0) is 25.6. The number of aromatic nitrogens is 2. The number of likely N-dealkylation sites (N-methyl/N-ethyl adjacent to an activating group) is 2. The van der Waals surface area contributed by atoms with Crippen LogP contribution in [0.4, 0.5) is 23.1 Å². The molecule has 2 N–H and O–H groups in total. The minimum Gasteiger partial charge on any atom is -0.486 e. The summed E-state index contributed by atoms with van der Waals surface area (Å²) in [6.07, 6.45) is 7.19. The van der Waals surface area contributed by atoms with E-state index in [1.54, 1.807) is 30.3 Å². The maximum Gasteiger partial charge on any atom is 0.336 e. The summed E-state index contributed by atoms with van der Waals surface area (Å²) < 4.78 is 6.21. The van der Waals surface area contributed by atoms with E-state index in [0.29, 0.717) is 48.0 Å². The fraction of sp³-hybridized carbons (Fsp3) is 0.538. The van der Waals surface area contributed by atoms with Gasteiger partial charge in [0.15, 0.2) is 5.82 Å². The van der Waals surface area contributed by atoms with Crippen LogP contribution in [0.5, 0.6) is 5.75 Å². The van der Waals surface area contributed by atoms with Crippen LogP contribution in [0.3, 0.4) is 0 Å². The molecular formula is C26H34N6O4. The number of carboxylic acid groups (broad SMARTS) is 1. The molecule has 0 radical (unpaired) electrons. The highest BCUT2D eigenvalue weighted by Gasteiger charge is 2.41. The lowest BCUT2D eigenvalue weighted by Crippen LogP contribution is -2.55. The molecule has 1 fully saturated rings. The first kappa shape index (κ1) is 24.3. The maximum atomic E-state index is 13.1. The van der Waals surface area contributed by atoms with Gasteiger partial charge in [0.25, 0.3) is 0 Å². The van der Waals surface area contributed by atoms with E-state index in [1.165, 1.54) is 0 Å². The number of carbonyl (C=O) groups excluding carboxylic acids is 1. The average Bonchev–Trinajstić information content (AvgIpc) is 3.51. The summed E-state index contributed by atoms with van der Waals surface area (Å²) in [6.45, 7) is 2.72. The number of hydrogen-bond acceptors (Lipinski definition) is 8. The Hall–Kier alpha value is -3.40. The molecule has 2 atom stereocenters. The van der Waals surface area contributed by atoms with Crippen LogP contribution in [0.25, 0.3) is 0 Å². The number of carbonyl (C=O) groups is 2. The summed E-state index contributed by atoms with van der Waals surface area (Å²) in [5.74, 6) is 0.790. The van der Waals surface area contributed by atoms with Gasteiger partial charge in [-0.1, -0.05) is 19.8 Å². The van der Waals surface area contributed by atoms with Crippen LogP contribution >= 0.6 is 0 Å². The van der Waals surface area contributed by atoms with Crippen molar-refractivity contribution in [2.24, 2.45) is 0 Å². The van der Waals surface area contributed by atoms with Crippen LogP contribution in [0.15, 0.2) is 18.3 Å². The van der Waals surface area contributed by atoms with Crippen molar-refractivity contribution in [3.63, 3.8) is 0 Å². The van der Waals surface area contributed by atoms with Crippen molar-refractivity contribution >= 4 is 35.0 Å². The lowest BCUT2D eigenvalue weighted by atomic mass is 10.0. The standard InChI is InChI=1S/C26H34N6O4/c1-5-20-24(33)31(4)21-13-27-26(29-23(21)32(20)15-8-6-7-9-15)28-19-11-10-17(25(34)35)18-12-16(14-30(2)3)36-22(18)19/h10-11,13,15-16,20H,5-9,12,14H2,1-4H3,(H,34,35)(H,27,28,29)/t16?,20-/m1/s1. The molecule has 3 heterocycles. The number of rotatable bonds is 7. The number of ether oxygens (including phenoxy) is 1. The van der Waals surface area contributed by atoms with Crippen LogP contribution in [-0.2, 0) is 11.2 Å². The third-order valence-electron chi connectivity index (χ3n) is 7.43. The summed E-state index contributed by atoms with van der Waals surface area (Å²) in [4.78, 5) is 40.3. The van der Waals surface area contributed by atoms with Crippen LogP contribution in [-0.4, -0.2) is 77.7 Å². The quantitative estimate of drug-likeness (QED) is 0.599. The van der Waals surface area contributed by atoms with E-state index >= 15 is 0 Å². The Kier molecular flexibility index (Phi) is 6.46. The van der Waals surface area contributed by atoms with E-state index in [2.05, 4.69) is 15.2 Å². The van der Waals surface area contributed by atoms with E-state index in [-0.39, 0.29) is 29.7 Å². The van der Waals surface area contributed by atoms with Gasteiger partial charge in [0.2, 0.25) is 11.9 Å². The summed E-state index contributed by atoms with van der Waals surface area (Å²) in [5, 5.41) is 13.0. The molecule has 1 unspecified atom stereocenters. The molecule has 1 aromatic carbocycles. The van der Waals surface area contributed by atoms with Crippen LogP contribution in [0.2, 0.25) is 0 Å². The molecule has 1 amide bonds. The van der Waals surface area contributed by atoms with Crippen molar-refractivity contribution in [3.8, 4) is 5.75 Å². The summed E-state index contributed by atoms with van der Waals surface area (Å²) in [7, 11) is 5.71. The van der Waals surface area contributed by atoms with Gasteiger partial charge in [0.1, 0.15) is 23.6 Å². The first-order valence-corrected chi connectivity index (χ1v) is 12.7. The molecule has 36 heavy (non-hydrogen) atoms. The molecule has 0 bridgehead atoms. The van der Waals surface area contributed by atoms with E-state index < -0.39 is 5.97 Å². The molecule has 1 aliphatic carbocycles. The number of anilines is 4. The Bertz CT molecular complexity index is 1180. The molecule has 3 aliphatic rings. The van der Waals surface area contributed by atoms with E-state index in [4.69, 9.17) is 9.72 Å². The number of fused-ring (bicyclic) bond motifs is 2. The van der Waals surface area contributed by atoms with Gasteiger partial charge in [-0.15, -0.1) is 0 Å². The molecule has 0 spiro atoms. The number of nitrogens with one attached hydrogen (secondary N) is 1. The third kappa shape index (κ3) is 4.23. The predicted octanol–water partition coefficient (Wildman–Crippen LogP) is 3.29. The van der Waals surface area contributed by atoms with E-state index in [9.17, 15) is 14.7 Å². The van der Waals surface area contributed by atoms with Gasteiger partial charge in [-0.3, -0.25) is 4.79 Å². The summed E-state index contributed by atoms with van der Waals surface area (Å²) in [5.41, 5.74) is 2.27. The van der Waals surface area contributed by atoms with E-state index in [1.807, 2.05) is 25.9 Å². The lowest BCUT2D eigenvalue weighted by molar-refractivity contribution is -0.120. The Morgan fingerprint density at radius 3 is 2.69 bits per heavy atom. The van der Waals surface area contributed by atoms with Crippen molar-refractivity contribution in [3.05, 3.63) is 29.5 Å². The smallest absolute Gasteiger partial charge is 0.336 e. The van der Waals surface area contributed by atoms with Gasteiger partial charge in [-0.25, -0.2) is 9.78 Å². The number of hydrogen-bond donors (Lipinski definition) is 2. The zero-order valence-electron chi connectivity index (χ0n) is 21.3. The van der Waals surface area contributed by atoms with Crippen molar-refractivity contribution in [1.82, 2.24) is 14.9 Å². The van der Waals surface area contributed by atoms with Crippen LogP contribution < -0.4 is 19.9 Å². The number of carboxylic acids is 1. The second-order valence-electron chi connectivity index (χ2n) is 10.2. The molecule has 2 aromatic rings. The molecule has 5 rings (SSSR count). The molecule has 1 saturated carbocycles. The summed E-state index contributed by atoms with van der Waals surface area (Å²) in [6, 6.07) is 3.35. The first-order valence-electron chi connectivity index (χ1n) is 12.7. The number of benzene rings is 1. The molecule has 192 valence electrons. The van der Waals surface area contributed by atoms with E-state index in [0.717, 1.165) is 31.5 Å². The monoisotopic (exact) mass is 494 g/mol. The number of aromatic carboxylic acids is 1. The second kappa shape index (κ2) is 9.57. The molecule has 10 heteroatoms. The number of amides is 1. The lowest BCUT2D eigenvalue weighted by Gasteiger charge is -2.43. The fourth-order valence-electron chi connectivity index (χ4n) is 5.77. The van der Waals surface area contributed by atoms with Gasteiger partial charge >= 0.3 is 5.97 Å². The van der Waals surface area contributed by atoms with Crippen molar-refractivity contribution in [2.75, 3.05) is 42.8 Å². The van der Waals surface area contributed by atoms with Crippen molar-refractivity contribution in [2.45, 2.75) is 63.6 Å². The molecule has 2 aliphatic heterocycles. The maximum absolute atomic E-state index is 13.1. The Balaban J connectivity index is 1.51. The molecule has 1 aromatic heterocycles. The topological polar surface area (TPSA) is 111 Å². The highest BCUT2D eigenvalue weighted by molar-refractivity contribution is 6.04. The normalized spacial score (nSPS) is 21.5. The average molecular weight is 495 g/mol. The largest absolute Gasteiger partial charge is 0.486 e. The minimum atomic E-state index is -0.970. The van der Waals surface area contributed by atoms with Gasteiger partial charge in [-0.05, 0) is 45.5 Å². The Labute approximate surface area is 211 Å².